The number of imide groups is 1. The van der Waals surface area contributed by atoms with E-state index in [2.05, 4.69) is 0 Å². The molecule has 1 atom stereocenters. The van der Waals surface area contributed by atoms with Gasteiger partial charge >= 0.3 is 0 Å². The molecule has 4 nitrogen and oxygen atoms in total. The fourth-order valence-corrected chi connectivity index (χ4v) is 3.30. The van der Waals surface area contributed by atoms with Crippen LogP contribution >= 0.6 is 0 Å². The zero-order valence-electron chi connectivity index (χ0n) is 10.0. The molecule has 4 heteroatoms. The van der Waals surface area contributed by atoms with Crippen molar-refractivity contribution in [1.29, 1.82) is 0 Å². The van der Waals surface area contributed by atoms with E-state index in [0.29, 0.717) is 12.3 Å². The lowest BCUT2D eigenvalue weighted by atomic mass is 9.84. The largest absolute Gasteiger partial charge is 0.391 e. The monoisotopic (exact) mass is 237 g/mol. The molecule has 0 radical (unpaired) electrons. The molecule has 2 aliphatic carbocycles. The van der Waals surface area contributed by atoms with Crippen LogP contribution in [0.4, 0.5) is 0 Å². The highest BCUT2D eigenvalue weighted by molar-refractivity contribution is 6.06. The molecule has 2 amide bonds. The standard InChI is InChI=1S/C13H19NO3/c15-10(9-3-4-9)8-14-11(16)7-13(12(14)17)5-1-2-6-13/h9-10,15H,1-8H2. The summed E-state index contributed by atoms with van der Waals surface area (Å²) in [6.45, 7) is 0.226. The summed E-state index contributed by atoms with van der Waals surface area (Å²) in [5, 5.41) is 9.87. The molecule has 0 bridgehead atoms. The fraction of sp³-hybridized carbons (Fsp3) is 0.846. The van der Waals surface area contributed by atoms with Crippen molar-refractivity contribution in [3.05, 3.63) is 0 Å². The normalized spacial score (nSPS) is 29.4. The second-order valence-electron chi connectivity index (χ2n) is 5.88. The van der Waals surface area contributed by atoms with Crippen LogP contribution in [0.3, 0.4) is 0 Å². The average molecular weight is 237 g/mol. The quantitative estimate of drug-likeness (QED) is 0.747. The van der Waals surface area contributed by atoms with Gasteiger partial charge in [0.2, 0.25) is 11.8 Å². The molecule has 1 aliphatic heterocycles. The van der Waals surface area contributed by atoms with Gasteiger partial charge in [0, 0.05) is 6.42 Å². The van der Waals surface area contributed by atoms with Gasteiger partial charge in [-0.25, -0.2) is 0 Å². The highest BCUT2D eigenvalue weighted by Gasteiger charge is 2.53. The van der Waals surface area contributed by atoms with Gasteiger partial charge in [-0.3, -0.25) is 14.5 Å². The first kappa shape index (κ1) is 11.2. The number of aliphatic hydroxyl groups is 1. The molecule has 17 heavy (non-hydrogen) atoms. The van der Waals surface area contributed by atoms with Gasteiger partial charge < -0.3 is 5.11 Å². The van der Waals surface area contributed by atoms with Crippen LogP contribution in [0.15, 0.2) is 0 Å². The molecular formula is C13H19NO3. The first-order valence-electron chi connectivity index (χ1n) is 6.65. The predicted molar refractivity (Wildman–Crippen MR) is 61.0 cm³/mol. The number of aliphatic hydroxyl groups excluding tert-OH is 1. The summed E-state index contributed by atoms with van der Waals surface area (Å²) in [5.41, 5.74) is -0.389. The van der Waals surface area contributed by atoms with Gasteiger partial charge in [-0.2, -0.15) is 0 Å². The van der Waals surface area contributed by atoms with Crippen LogP contribution in [0.2, 0.25) is 0 Å². The van der Waals surface area contributed by atoms with Crippen LogP contribution in [0, 0.1) is 11.3 Å². The Kier molecular flexibility index (Phi) is 2.51. The van der Waals surface area contributed by atoms with E-state index in [1.54, 1.807) is 0 Å². The molecule has 1 unspecified atom stereocenters. The molecular weight excluding hydrogens is 218 g/mol. The lowest BCUT2D eigenvalue weighted by Crippen LogP contribution is -2.40. The van der Waals surface area contributed by atoms with Crippen molar-refractivity contribution in [1.82, 2.24) is 4.90 Å². The van der Waals surface area contributed by atoms with Crippen LogP contribution in [0.5, 0.6) is 0 Å². The highest BCUT2D eigenvalue weighted by Crippen LogP contribution is 2.47. The molecule has 3 rings (SSSR count). The number of carbonyl (C=O) groups excluding carboxylic acids is 2. The number of amides is 2. The summed E-state index contributed by atoms with van der Waals surface area (Å²) in [4.78, 5) is 25.6. The van der Waals surface area contributed by atoms with Crippen LogP contribution in [0.1, 0.15) is 44.9 Å². The van der Waals surface area contributed by atoms with Crippen molar-refractivity contribution >= 4 is 11.8 Å². The number of nitrogens with zero attached hydrogens (tertiary/aromatic N) is 1. The molecule has 1 saturated heterocycles. The minimum Gasteiger partial charge on any atom is -0.391 e. The van der Waals surface area contributed by atoms with Crippen molar-refractivity contribution in [2.45, 2.75) is 51.0 Å². The van der Waals surface area contributed by atoms with E-state index in [9.17, 15) is 14.7 Å². The summed E-state index contributed by atoms with van der Waals surface area (Å²) in [6.07, 6.45) is 5.76. The minimum atomic E-state index is -0.501. The van der Waals surface area contributed by atoms with E-state index in [0.717, 1.165) is 38.5 Å². The van der Waals surface area contributed by atoms with Crippen LogP contribution < -0.4 is 0 Å². The van der Waals surface area contributed by atoms with Gasteiger partial charge in [0.05, 0.1) is 18.1 Å². The van der Waals surface area contributed by atoms with E-state index in [1.165, 1.54) is 4.90 Å². The second-order valence-corrected chi connectivity index (χ2v) is 5.88. The summed E-state index contributed by atoms with van der Waals surface area (Å²) in [6, 6.07) is 0. The Morgan fingerprint density at radius 3 is 2.53 bits per heavy atom. The molecule has 2 saturated carbocycles. The van der Waals surface area contributed by atoms with E-state index >= 15 is 0 Å². The Labute approximate surface area is 101 Å². The third-order valence-electron chi connectivity index (χ3n) is 4.59. The summed E-state index contributed by atoms with van der Waals surface area (Å²) in [5.74, 6) is 0.229. The summed E-state index contributed by atoms with van der Waals surface area (Å²) < 4.78 is 0. The molecule has 1 spiro atoms. The lowest BCUT2D eigenvalue weighted by Gasteiger charge is -2.22. The van der Waals surface area contributed by atoms with Gasteiger partial charge in [0.15, 0.2) is 0 Å². The molecule has 3 aliphatic rings. The van der Waals surface area contributed by atoms with Gasteiger partial charge in [-0.15, -0.1) is 0 Å². The Morgan fingerprint density at radius 1 is 1.29 bits per heavy atom. The zero-order chi connectivity index (χ0) is 12.0. The van der Waals surface area contributed by atoms with Crippen LogP contribution in [-0.2, 0) is 9.59 Å². The first-order valence-corrected chi connectivity index (χ1v) is 6.65. The molecule has 0 aromatic carbocycles. The Balaban J connectivity index is 1.72. The smallest absolute Gasteiger partial charge is 0.235 e. The minimum absolute atomic E-state index is 0.0142. The average Bonchev–Trinajstić information content (AvgIpc) is 3.01. The highest BCUT2D eigenvalue weighted by atomic mass is 16.3. The van der Waals surface area contributed by atoms with Crippen molar-refractivity contribution in [2.75, 3.05) is 6.54 Å². The van der Waals surface area contributed by atoms with E-state index in [4.69, 9.17) is 0 Å². The van der Waals surface area contributed by atoms with Gasteiger partial charge in [0.1, 0.15) is 0 Å². The third-order valence-corrected chi connectivity index (χ3v) is 4.59. The molecule has 1 heterocycles. The maximum absolute atomic E-state index is 12.3. The summed E-state index contributed by atoms with van der Waals surface area (Å²) in [7, 11) is 0. The van der Waals surface area contributed by atoms with E-state index in [1.807, 2.05) is 0 Å². The van der Waals surface area contributed by atoms with Gasteiger partial charge in [-0.1, -0.05) is 12.8 Å². The second kappa shape index (κ2) is 3.80. The Morgan fingerprint density at radius 2 is 1.94 bits per heavy atom. The maximum atomic E-state index is 12.3. The van der Waals surface area contributed by atoms with Crippen molar-refractivity contribution in [3.8, 4) is 0 Å². The SMILES string of the molecule is O=C1CC2(CCCC2)C(=O)N1CC(O)C1CC1. The van der Waals surface area contributed by atoms with Crippen LogP contribution in [0.25, 0.3) is 0 Å². The Hall–Kier alpha value is -0.900. The lowest BCUT2D eigenvalue weighted by molar-refractivity contribution is -0.143. The van der Waals surface area contributed by atoms with Crippen molar-refractivity contribution in [3.63, 3.8) is 0 Å². The molecule has 0 aromatic heterocycles. The zero-order valence-corrected chi connectivity index (χ0v) is 10.0. The Bertz CT molecular complexity index is 356. The van der Waals surface area contributed by atoms with Crippen molar-refractivity contribution < 1.29 is 14.7 Å². The first-order chi connectivity index (χ1) is 8.12. The van der Waals surface area contributed by atoms with Crippen LogP contribution in [-0.4, -0.2) is 34.5 Å². The van der Waals surface area contributed by atoms with Crippen molar-refractivity contribution in [2.24, 2.45) is 11.3 Å². The third kappa shape index (κ3) is 1.79. The molecule has 0 aromatic rings. The van der Waals surface area contributed by atoms with E-state index < -0.39 is 6.10 Å². The number of carbonyl (C=O) groups is 2. The van der Waals surface area contributed by atoms with Gasteiger partial charge in [0.25, 0.3) is 0 Å². The summed E-state index contributed by atoms with van der Waals surface area (Å²) >= 11 is 0. The van der Waals surface area contributed by atoms with E-state index in [-0.39, 0.29) is 23.8 Å². The number of likely N-dealkylation sites (tertiary alicyclic amines) is 1. The molecule has 3 fully saturated rings. The van der Waals surface area contributed by atoms with Gasteiger partial charge in [-0.05, 0) is 31.6 Å². The topological polar surface area (TPSA) is 57.6 Å². The number of rotatable bonds is 3. The number of β-amino-alcohol motifs (C(OH)–C–C–N with tert-alkyl or cyclic N) is 1. The number of hydrogen-bond acceptors (Lipinski definition) is 3. The number of hydrogen-bond donors (Lipinski definition) is 1. The maximum Gasteiger partial charge on any atom is 0.235 e. The molecule has 1 N–H and O–H groups in total. The molecule has 94 valence electrons. The fourth-order valence-electron chi connectivity index (χ4n) is 3.30. The predicted octanol–water partition coefficient (Wildman–Crippen LogP) is 1.08.